The number of aromatic nitrogens is 5. The molecule has 0 fully saturated rings. The summed E-state index contributed by atoms with van der Waals surface area (Å²) in [5.74, 6) is -0.426. The van der Waals surface area contributed by atoms with Crippen molar-refractivity contribution in [1.82, 2.24) is 25.6 Å². The van der Waals surface area contributed by atoms with Crippen LogP contribution in [0.5, 0.6) is 0 Å². The molecule has 0 aliphatic carbocycles. The molecule has 0 radical (unpaired) electrons. The van der Waals surface area contributed by atoms with Crippen LogP contribution >= 0.6 is 11.3 Å². The lowest BCUT2D eigenvalue weighted by Crippen LogP contribution is -2.02. The Morgan fingerprint density at radius 1 is 1.13 bits per heavy atom. The molecule has 0 aliphatic rings. The number of tetrazole rings is 1. The van der Waals surface area contributed by atoms with E-state index in [1.54, 1.807) is 0 Å². The van der Waals surface area contributed by atoms with E-state index in [0.717, 1.165) is 40.0 Å². The molecule has 2 heterocycles. The molecular formula is C21H20N6O2S. The van der Waals surface area contributed by atoms with Crippen LogP contribution < -0.4 is 5.32 Å². The molecule has 0 aliphatic heterocycles. The number of aryl methyl sites for hydroxylation is 1. The summed E-state index contributed by atoms with van der Waals surface area (Å²) in [7, 11) is 0. The van der Waals surface area contributed by atoms with E-state index in [2.05, 4.69) is 30.9 Å². The van der Waals surface area contributed by atoms with Crippen molar-refractivity contribution in [2.45, 2.75) is 26.3 Å². The number of carboxylic acids is 1. The monoisotopic (exact) mass is 420 g/mol. The SMILES string of the molecule is CCCc1sc(NCc2ccc(-c3ccccc3-c3nn[nH]n3)cc2)nc1C(=O)O. The zero-order valence-corrected chi connectivity index (χ0v) is 17.1. The number of anilines is 1. The number of nitrogens with one attached hydrogen (secondary N) is 2. The lowest BCUT2D eigenvalue weighted by Gasteiger charge is -2.08. The molecule has 8 nitrogen and oxygen atoms in total. The average Bonchev–Trinajstić information content (AvgIpc) is 3.43. The van der Waals surface area contributed by atoms with Crippen LogP contribution in [0.2, 0.25) is 0 Å². The number of aromatic carboxylic acids is 1. The number of rotatable bonds is 8. The maximum Gasteiger partial charge on any atom is 0.355 e. The summed E-state index contributed by atoms with van der Waals surface area (Å²) in [6.45, 7) is 2.59. The molecule has 0 unspecified atom stereocenters. The van der Waals surface area contributed by atoms with E-state index < -0.39 is 5.97 Å². The van der Waals surface area contributed by atoms with Gasteiger partial charge in [0.2, 0.25) is 5.82 Å². The van der Waals surface area contributed by atoms with Gasteiger partial charge in [-0.25, -0.2) is 9.78 Å². The van der Waals surface area contributed by atoms with Crippen LogP contribution in [0.1, 0.15) is 34.3 Å². The summed E-state index contributed by atoms with van der Waals surface area (Å²) >= 11 is 1.41. The largest absolute Gasteiger partial charge is 0.476 e. The number of carboxylic acid groups (broad SMARTS) is 1. The van der Waals surface area contributed by atoms with Crippen molar-refractivity contribution in [3.8, 4) is 22.5 Å². The van der Waals surface area contributed by atoms with Crippen LogP contribution in [0, 0.1) is 0 Å². The van der Waals surface area contributed by atoms with Crippen molar-refractivity contribution in [1.29, 1.82) is 0 Å². The molecule has 152 valence electrons. The van der Waals surface area contributed by atoms with E-state index in [1.807, 2.05) is 55.5 Å². The van der Waals surface area contributed by atoms with Crippen LogP contribution in [0.25, 0.3) is 22.5 Å². The van der Waals surface area contributed by atoms with E-state index in [9.17, 15) is 9.90 Å². The molecule has 0 atom stereocenters. The third-order valence-corrected chi connectivity index (χ3v) is 5.67. The first kappa shape index (κ1) is 19.7. The number of thiazole rings is 1. The minimum atomic E-state index is -0.979. The number of benzene rings is 2. The molecule has 2 aromatic carbocycles. The van der Waals surface area contributed by atoms with Crippen LogP contribution in [0.3, 0.4) is 0 Å². The first-order valence-corrected chi connectivity index (χ1v) is 10.4. The molecule has 9 heteroatoms. The lowest BCUT2D eigenvalue weighted by atomic mass is 9.98. The third kappa shape index (κ3) is 4.20. The number of carbonyl (C=O) groups is 1. The first-order valence-electron chi connectivity index (χ1n) is 9.54. The predicted octanol–water partition coefficient (Wildman–Crippen LogP) is 4.25. The smallest absolute Gasteiger partial charge is 0.355 e. The van der Waals surface area contributed by atoms with Crippen molar-refractivity contribution in [3.05, 3.63) is 64.7 Å². The molecule has 0 saturated carbocycles. The zero-order valence-electron chi connectivity index (χ0n) is 16.3. The Labute approximate surface area is 177 Å². The van der Waals surface area contributed by atoms with E-state index in [4.69, 9.17) is 0 Å². The maximum absolute atomic E-state index is 11.4. The standard InChI is InChI=1S/C21H20N6O2S/c1-2-5-17-18(20(28)29)23-21(30-17)22-12-13-8-10-14(11-9-13)15-6-3-4-7-16(15)19-24-26-27-25-19/h3-4,6-11H,2,5,12H2,1H3,(H,22,23)(H,28,29)(H,24,25,26,27). The van der Waals surface area contributed by atoms with Crippen molar-refractivity contribution < 1.29 is 9.90 Å². The highest BCUT2D eigenvalue weighted by Gasteiger charge is 2.16. The van der Waals surface area contributed by atoms with Gasteiger partial charge < -0.3 is 10.4 Å². The van der Waals surface area contributed by atoms with E-state index in [0.29, 0.717) is 17.5 Å². The summed E-state index contributed by atoms with van der Waals surface area (Å²) in [5.41, 5.74) is 4.20. The van der Waals surface area contributed by atoms with Gasteiger partial charge in [-0.15, -0.1) is 21.5 Å². The van der Waals surface area contributed by atoms with Gasteiger partial charge in [-0.2, -0.15) is 5.21 Å². The number of nitrogens with zero attached hydrogens (tertiary/aromatic N) is 4. The molecule has 0 bridgehead atoms. The second-order valence-electron chi connectivity index (χ2n) is 6.68. The predicted molar refractivity (Wildman–Crippen MR) is 115 cm³/mol. The van der Waals surface area contributed by atoms with Gasteiger partial charge in [0.05, 0.1) is 0 Å². The van der Waals surface area contributed by atoms with Crippen molar-refractivity contribution in [3.63, 3.8) is 0 Å². The highest BCUT2D eigenvalue weighted by Crippen LogP contribution is 2.30. The van der Waals surface area contributed by atoms with Gasteiger partial charge in [-0.05, 0) is 28.3 Å². The second kappa shape index (κ2) is 8.83. The molecule has 0 amide bonds. The van der Waals surface area contributed by atoms with Crippen molar-refractivity contribution in [2.75, 3.05) is 5.32 Å². The molecule has 2 aromatic heterocycles. The zero-order chi connectivity index (χ0) is 20.9. The summed E-state index contributed by atoms with van der Waals surface area (Å²) in [6, 6.07) is 16.1. The van der Waals surface area contributed by atoms with E-state index in [1.165, 1.54) is 11.3 Å². The van der Waals surface area contributed by atoms with Crippen molar-refractivity contribution >= 4 is 22.4 Å². The summed E-state index contributed by atoms with van der Waals surface area (Å²) in [6.07, 6.45) is 1.60. The minimum absolute atomic E-state index is 0.151. The Bertz CT molecular complexity index is 1140. The Morgan fingerprint density at radius 3 is 2.57 bits per heavy atom. The highest BCUT2D eigenvalue weighted by atomic mass is 32.1. The van der Waals surface area contributed by atoms with Gasteiger partial charge in [0.15, 0.2) is 10.8 Å². The molecule has 30 heavy (non-hydrogen) atoms. The fraction of sp³-hybridized carbons (Fsp3) is 0.190. The molecule has 4 aromatic rings. The number of H-pyrrole nitrogens is 1. The highest BCUT2D eigenvalue weighted by molar-refractivity contribution is 7.15. The fourth-order valence-electron chi connectivity index (χ4n) is 3.18. The summed E-state index contributed by atoms with van der Waals surface area (Å²) < 4.78 is 0. The van der Waals surface area contributed by atoms with Crippen molar-refractivity contribution in [2.24, 2.45) is 0 Å². The van der Waals surface area contributed by atoms with E-state index >= 15 is 0 Å². The Kier molecular flexibility index (Phi) is 5.80. The van der Waals surface area contributed by atoms with Crippen LogP contribution in [0.15, 0.2) is 48.5 Å². The van der Waals surface area contributed by atoms with Gasteiger partial charge in [-0.3, -0.25) is 0 Å². The fourth-order valence-corrected chi connectivity index (χ4v) is 4.23. The number of hydrogen-bond donors (Lipinski definition) is 3. The van der Waals surface area contributed by atoms with Gasteiger partial charge >= 0.3 is 5.97 Å². The molecule has 4 rings (SSSR count). The number of hydrogen-bond acceptors (Lipinski definition) is 7. The summed E-state index contributed by atoms with van der Waals surface area (Å²) in [4.78, 5) is 16.4. The van der Waals surface area contributed by atoms with Gasteiger partial charge in [0.25, 0.3) is 0 Å². The minimum Gasteiger partial charge on any atom is -0.476 e. The number of aromatic amines is 1. The normalized spacial score (nSPS) is 10.8. The Morgan fingerprint density at radius 2 is 1.90 bits per heavy atom. The average molecular weight is 420 g/mol. The van der Waals surface area contributed by atoms with Crippen LogP contribution in [-0.2, 0) is 13.0 Å². The second-order valence-corrected chi connectivity index (χ2v) is 7.76. The topological polar surface area (TPSA) is 117 Å². The Hall–Kier alpha value is -3.59. The molecule has 0 spiro atoms. The van der Waals surface area contributed by atoms with Crippen LogP contribution in [0.4, 0.5) is 5.13 Å². The third-order valence-electron chi connectivity index (χ3n) is 4.60. The van der Waals surface area contributed by atoms with Gasteiger partial charge in [0, 0.05) is 17.0 Å². The first-order chi connectivity index (χ1) is 14.7. The van der Waals surface area contributed by atoms with E-state index in [-0.39, 0.29) is 5.69 Å². The van der Waals surface area contributed by atoms with Gasteiger partial charge in [-0.1, -0.05) is 61.9 Å². The molecule has 0 saturated heterocycles. The molecular weight excluding hydrogens is 400 g/mol. The Balaban J connectivity index is 1.49. The lowest BCUT2D eigenvalue weighted by molar-refractivity contribution is 0.0690. The maximum atomic E-state index is 11.4. The molecule has 3 N–H and O–H groups in total. The van der Waals surface area contributed by atoms with Crippen LogP contribution in [-0.4, -0.2) is 36.7 Å². The summed E-state index contributed by atoms with van der Waals surface area (Å²) in [5, 5.41) is 27.5. The van der Waals surface area contributed by atoms with Gasteiger partial charge in [0.1, 0.15) is 0 Å². The quantitative estimate of drug-likeness (QED) is 0.390.